The summed E-state index contributed by atoms with van der Waals surface area (Å²) >= 11 is 0. The Morgan fingerprint density at radius 2 is 2.05 bits per heavy atom. The van der Waals surface area contributed by atoms with Gasteiger partial charge in [0, 0.05) is 30.4 Å². The molecular weight excluding hydrogens is 274 g/mol. The summed E-state index contributed by atoms with van der Waals surface area (Å²) in [4.78, 5) is 4.31. The Labute approximate surface area is 122 Å². The van der Waals surface area contributed by atoms with Crippen molar-refractivity contribution in [1.82, 2.24) is 10.3 Å². The molecule has 110 valence electrons. The van der Waals surface area contributed by atoms with Gasteiger partial charge in [0.05, 0.1) is 0 Å². The molecule has 0 bridgehead atoms. The number of halogens is 2. The molecule has 0 amide bonds. The number of nitrogens with zero attached hydrogens (tertiary/aromatic N) is 1. The lowest BCUT2D eigenvalue weighted by Crippen LogP contribution is -2.16. The van der Waals surface area contributed by atoms with Crippen LogP contribution in [0.4, 0.5) is 8.78 Å². The van der Waals surface area contributed by atoms with Crippen molar-refractivity contribution < 1.29 is 13.5 Å². The number of rotatable bonds is 5. The van der Waals surface area contributed by atoms with Gasteiger partial charge in [-0.2, -0.15) is 0 Å². The summed E-state index contributed by atoms with van der Waals surface area (Å²) in [5.41, 5.74) is 1.93. The Hall–Kier alpha value is -2.01. The van der Waals surface area contributed by atoms with Crippen molar-refractivity contribution >= 4 is 0 Å². The molecule has 1 aromatic heterocycles. The smallest absolute Gasteiger partial charge is 0.219 e. The van der Waals surface area contributed by atoms with Crippen molar-refractivity contribution in [2.75, 3.05) is 0 Å². The second kappa shape index (κ2) is 5.77. The van der Waals surface area contributed by atoms with Crippen molar-refractivity contribution in [3.8, 4) is 11.6 Å². The topological polar surface area (TPSA) is 34.1 Å². The number of ether oxygens (including phenoxy) is 1. The van der Waals surface area contributed by atoms with Gasteiger partial charge in [-0.1, -0.05) is 6.07 Å². The first-order valence-electron chi connectivity index (χ1n) is 6.94. The fraction of sp³-hybridized carbons (Fsp3) is 0.312. The molecule has 3 rings (SSSR count). The number of benzene rings is 1. The molecule has 0 spiro atoms. The molecule has 3 nitrogen and oxygen atoms in total. The fourth-order valence-corrected chi connectivity index (χ4v) is 2.02. The van der Waals surface area contributed by atoms with Crippen molar-refractivity contribution in [3.05, 3.63) is 53.2 Å². The molecule has 1 N–H and O–H groups in total. The van der Waals surface area contributed by atoms with Gasteiger partial charge >= 0.3 is 0 Å². The number of aryl methyl sites for hydroxylation is 1. The maximum Gasteiger partial charge on any atom is 0.219 e. The number of nitrogens with one attached hydrogen (secondary N) is 1. The SMILES string of the molecule is Cc1nc(Oc2ccc(F)cc2F)ccc1CNC1CC1. The molecule has 1 aliphatic rings. The minimum Gasteiger partial charge on any atom is -0.436 e. The van der Waals surface area contributed by atoms with Crippen LogP contribution in [0.3, 0.4) is 0 Å². The third kappa shape index (κ3) is 3.55. The molecule has 21 heavy (non-hydrogen) atoms. The Morgan fingerprint density at radius 3 is 2.71 bits per heavy atom. The van der Waals surface area contributed by atoms with E-state index >= 15 is 0 Å². The maximum atomic E-state index is 13.5. The summed E-state index contributed by atoms with van der Waals surface area (Å²) in [6, 6.07) is 7.43. The van der Waals surface area contributed by atoms with Gasteiger partial charge in [-0.15, -0.1) is 0 Å². The quantitative estimate of drug-likeness (QED) is 0.911. The highest BCUT2D eigenvalue weighted by Gasteiger charge is 2.20. The van der Waals surface area contributed by atoms with Crippen LogP contribution in [-0.4, -0.2) is 11.0 Å². The third-order valence-corrected chi connectivity index (χ3v) is 3.44. The van der Waals surface area contributed by atoms with Gasteiger partial charge in [0.15, 0.2) is 11.6 Å². The molecule has 0 aliphatic heterocycles. The van der Waals surface area contributed by atoms with Crippen LogP contribution in [0.2, 0.25) is 0 Å². The molecule has 0 saturated heterocycles. The van der Waals surface area contributed by atoms with Crippen LogP contribution in [-0.2, 0) is 6.54 Å². The van der Waals surface area contributed by atoms with Gasteiger partial charge in [-0.3, -0.25) is 0 Å². The van der Waals surface area contributed by atoms with E-state index in [9.17, 15) is 8.78 Å². The van der Waals surface area contributed by atoms with Gasteiger partial charge in [-0.05, 0) is 37.5 Å². The van der Waals surface area contributed by atoms with Crippen LogP contribution in [0.1, 0.15) is 24.1 Å². The summed E-state index contributed by atoms with van der Waals surface area (Å²) in [7, 11) is 0. The molecule has 0 atom stereocenters. The van der Waals surface area contributed by atoms with E-state index in [1.807, 2.05) is 13.0 Å². The molecule has 1 saturated carbocycles. The standard InChI is InChI=1S/C16H16F2N2O/c1-10-11(9-19-13-4-5-13)2-7-16(20-10)21-15-6-3-12(17)8-14(15)18/h2-3,6-8,13,19H,4-5,9H2,1H3. The van der Waals surface area contributed by atoms with Crippen molar-refractivity contribution in [2.45, 2.75) is 32.4 Å². The van der Waals surface area contributed by atoms with Crippen LogP contribution < -0.4 is 10.1 Å². The first-order valence-corrected chi connectivity index (χ1v) is 6.94. The van der Waals surface area contributed by atoms with E-state index < -0.39 is 11.6 Å². The van der Waals surface area contributed by atoms with Crippen LogP contribution >= 0.6 is 0 Å². The van der Waals surface area contributed by atoms with Crippen molar-refractivity contribution in [2.24, 2.45) is 0 Å². The molecule has 0 unspecified atom stereocenters. The Balaban J connectivity index is 1.71. The van der Waals surface area contributed by atoms with Gasteiger partial charge in [0.1, 0.15) is 5.82 Å². The summed E-state index contributed by atoms with van der Waals surface area (Å²) < 4.78 is 31.7. The zero-order valence-electron chi connectivity index (χ0n) is 11.7. The third-order valence-electron chi connectivity index (χ3n) is 3.44. The van der Waals surface area contributed by atoms with E-state index in [1.165, 1.54) is 18.9 Å². The highest BCUT2D eigenvalue weighted by Crippen LogP contribution is 2.25. The minimum atomic E-state index is -0.742. The largest absolute Gasteiger partial charge is 0.436 e. The summed E-state index contributed by atoms with van der Waals surface area (Å²) in [5, 5.41) is 3.42. The minimum absolute atomic E-state index is 0.0350. The molecule has 1 heterocycles. The van der Waals surface area contributed by atoms with Gasteiger partial charge < -0.3 is 10.1 Å². The highest BCUT2D eigenvalue weighted by molar-refractivity contribution is 5.31. The monoisotopic (exact) mass is 290 g/mol. The number of hydrogen-bond acceptors (Lipinski definition) is 3. The number of pyridine rings is 1. The fourth-order valence-electron chi connectivity index (χ4n) is 2.02. The van der Waals surface area contributed by atoms with E-state index in [0.29, 0.717) is 11.9 Å². The summed E-state index contributed by atoms with van der Waals surface area (Å²) in [5.74, 6) is -1.11. The van der Waals surface area contributed by atoms with Crippen LogP contribution in [0, 0.1) is 18.6 Å². The van der Waals surface area contributed by atoms with E-state index in [1.54, 1.807) is 6.07 Å². The molecule has 5 heteroatoms. The first kappa shape index (κ1) is 13.9. The summed E-state index contributed by atoms with van der Waals surface area (Å²) in [6.07, 6.45) is 2.47. The van der Waals surface area contributed by atoms with Crippen LogP contribution in [0.5, 0.6) is 11.6 Å². The molecule has 2 aromatic rings. The van der Waals surface area contributed by atoms with E-state index in [0.717, 1.165) is 29.9 Å². The predicted molar refractivity (Wildman–Crippen MR) is 75.3 cm³/mol. The van der Waals surface area contributed by atoms with E-state index in [-0.39, 0.29) is 5.75 Å². The second-order valence-electron chi connectivity index (χ2n) is 5.23. The number of aromatic nitrogens is 1. The Kier molecular flexibility index (Phi) is 3.84. The maximum absolute atomic E-state index is 13.5. The van der Waals surface area contributed by atoms with Crippen LogP contribution in [0.25, 0.3) is 0 Å². The van der Waals surface area contributed by atoms with Crippen LogP contribution in [0.15, 0.2) is 30.3 Å². The van der Waals surface area contributed by atoms with Gasteiger partial charge in [-0.25, -0.2) is 13.8 Å². The Bertz CT molecular complexity index is 657. The lowest BCUT2D eigenvalue weighted by molar-refractivity contribution is 0.422. The summed E-state index contributed by atoms with van der Waals surface area (Å²) in [6.45, 7) is 2.66. The molecule has 1 aliphatic carbocycles. The van der Waals surface area contributed by atoms with Crippen molar-refractivity contribution in [1.29, 1.82) is 0 Å². The van der Waals surface area contributed by atoms with E-state index in [4.69, 9.17) is 4.74 Å². The van der Waals surface area contributed by atoms with Gasteiger partial charge in [0.25, 0.3) is 0 Å². The molecule has 1 fully saturated rings. The zero-order valence-corrected chi connectivity index (χ0v) is 11.7. The van der Waals surface area contributed by atoms with Crippen molar-refractivity contribution in [3.63, 3.8) is 0 Å². The molecule has 1 aromatic carbocycles. The highest BCUT2D eigenvalue weighted by atomic mass is 19.1. The van der Waals surface area contributed by atoms with Gasteiger partial charge in [0.2, 0.25) is 5.88 Å². The second-order valence-corrected chi connectivity index (χ2v) is 5.23. The lowest BCUT2D eigenvalue weighted by Gasteiger charge is -2.10. The average molecular weight is 290 g/mol. The normalized spacial score (nSPS) is 14.2. The Morgan fingerprint density at radius 1 is 1.24 bits per heavy atom. The lowest BCUT2D eigenvalue weighted by atomic mass is 10.2. The molecular formula is C16H16F2N2O. The predicted octanol–water partition coefficient (Wildman–Crippen LogP) is 3.71. The zero-order chi connectivity index (χ0) is 14.8. The number of hydrogen-bond donors (Lipinski definition) is 1. The average Bonchev–Trinajstić information content (AvgIpc) is 3.25. The first-order chi connectivity index (χ1) is 10.1. The van der Waals surface area contributed by atoms with E-state index in [2.05, 4.69) is 10.3 Å². The molecule has 0 radical (unpaired) electrons.